The molecule has 0 amide bonds. The molecule has 0 aliphatic heterocycles. The van der Waals surface area contributed by atoms with Crippen LogP contribution in [0.5, 0.6) is 0 Å². The Morgan fingerprint density at radius 2 is 2.00 bits per heavy atom. The van der Waals surface area contributed by atoms with E-state index in [1.807, 2.05) is 6.92 Å². The quantitative estimate of drug-likeness (QED) is 0.752. The maximum absolute atomic E-state index is 12.6. The van der Waals surface area contributed by atoms with Crippen LogP contribution in [-0.4, -0.2) is 17.8 Å². The van der Waals surface area contributed by atoms with Crippen molar-refractivity contribution < 1.29 is 9.50 Å². The second kappa shape index (κ2) is 5.73. The fourth-order valence-corrected chi connectivity index (χ4v) is 1.20. The number of rotatable bonds is 5. The van der Waals surface area contributed by atoms with Gasteiger partial charge in [0.1, 0.15) is 5.82 Å². The van der Waals surface area contributed by atoms with E-state index in [0.717, 1.165) is 12.0 Å². The maximum atomic E-state index is 12.6. The van der Waals surface area contributed by atoms with E-state index in [4.69, 9.17) is 5.11 Å². The predicted octanol–water partition coefficient (Wildman–Crippen LogP) is 1.69. The zero-order valence-corrected chi connectivity index (χ0v) is 8.33. The Hall–Kier alpha value is -0.930. The lowest BCUT2D eigenvalue weighted by molar-refractivity contribution is 0.238. The first-order chi connectivity index (χ1) is 6.76. The van der Waals surface area contributed by atoms with Gasteiger partial charge in [0.2, 0.25) is 0 Å². The number of nitrogens with one attached hydrogen (secondary N) is 1. The van der Waals surface area contributed by atoms with Crippen LogP contribution in [0.15, 0.2) is 24.3 Å². The molecular weight excluding hydrogens is 181 g/mol. The Morgan fingerprint density at radius 3 is 2.50 bits per heavy atom. The molecule has 0 fully saturated rings. The van der Waals surface area contributed by atoms with E-state index in [9.17, 15) is 4.39 Å². The van der Waals surface area contributed by atoms with Gasteiger partial charge in [0, 0.05) is 12.6 Å². The Kier molecular flexibility index (Phi) is 4.56. The molecule has 0 saturated heterocycles. The van der Waals surface area contributed by atoms with E-state index in [2.05, 4.69) is 5.32 Å². The number of hydrogen-bond donors (Lipinski definition) is 2. The Morgan fingerprint density at radius 1 is 1.36 bits per heavy atom. The molecule has 1 atom stereocenters. The lowest BCUT2D eigenvalue weighted by Gasteiger charge is -2.13. The molecule has 1 rings (SSSR count). The predicted molar refractivity (Wildman–Crippen MR) is 54.4 cm³/mol. The highest BCUT2D eigenvalue weighted by molar-refractivity contribution is 5.15. The summed E-state index contributed by atoms with van der Waals surface area (Å²) in [6.45, 7) is 2.82. The van der Waals surface area contributed by atoms with E-state index in [-0.39, 0.29) is 18.5 Å². The molecule has 3 heteroatoms. The maximum Gasteiger partial charge on any atom is 0.123 e. The molecule has 14 heavy (non-hydrogen) atoms. The molecule has 2 N–H and O–H groups in total. The lowest BCUT2D eigenvalue weighted by atomic mass is 10.2. The number of hydrogen-bond acceptors (Lipinski definition) is 2. The molecule has 1 unspecified atom stereocenters. The van der Waals surface area contributed by atoms with Gasteiger partial charge in [-0.05, 0) is 24.1 Å². The molecule has 0 heterocycles. The molecule has 0 radical (unpaired) electrons. The Balaban J connectivity index is 2.41. The van der Waals surface area contributed by atoms with Gasteiger partial charge in [-0.1, -0.05) is 19.1 Å². The average Bonchev–Trinajstić information content (AvgIpc) is 2.22. The minimum Gasteiger partial charge on any atom is -0.395 e. The van der Waals surface area contributed by atoms with Crippen LogP contribution in [0.1, 0.15) is 18.9 Å². The smallest absolute Gasteiger partial charge is 0.123 e. The number of halogens is 1. The molecule has 1 aromatic rings. The van der Waals surface area contributed by atoms with Gasteiger partial charge < -0.3 is 10.4 Å². The van der Waals surface area contributed by atoms with E-state index in [0.29, 0.717) is 6.54 Å². The fourth-order valence-electron chi connectivity index (χ4n) is 1.20. The molecule has 0 saturated carbocycles. The molecule has 0 spiro atoms. The van der Waals surface area contributed by atoms with E-state index in [1.54, 1.807) is 12.1 Å². The standard InChI is InChI=1S/C11H16FNO/c1-2-11(8-14)13-7-9-3-5-10(12)6-4-9/h3-6,11,13-14H,2,7-8H2,1H3. The Bertz CT molecular complexity index is 256. The number of benzene rings is 1. The van der Waals surface area contributed by atoms with E-state index >= 15 is 0 Å². The zero-order chi connectivity index (χ0) is 10.4. The molecule has 0 bridgehead atoms. The SMILES string of the molecule is CCC(CO)NCc1ccc(F)cc1. The van der Waals surface area contributed by atoms with Crippen LogP contribution in [0.4, 0.5) is 4.39 Å². The van der Waals surface area contributed by atoms with Gasteiger partial charge in [-0.25, -0.2) is 4.39 Å². The number of aliphatic hydroxyl groups is 1. The van der Waals surface area contributed by atoms with Crippen molar-refractivity contribution in [1.82, 2.24) is 5.32 Å². The molecule has 78 valence electrons. The van der Waals surface area contributed by atoms with Crippen molar-refractivity contribution in [3.05, 3.63) is 35.6 Å². The second-order valence-corrected chi connectivity index (χ2v) is 3.30. The van der Waals surface area contributed by atoms with Crippen molar-refractivity contribution >= 4 is 0 Å². The monoisotopic (exact) mass is 197 g/mol. The summed E-state index contributed by atoms with van der Waals surface area (Å²) in [7, 11) is 0. The van der Waals surface area contributed by atoms with Crippen molar-refractivity contribution in [1.29, 1.82) is 0 Å². The molecular formula is C11H16FNO. The third-order valence-corrected chi connectivity index (χ3v) is 2.22. The molecule has 0 aliphatic rings. The third kappa shape index (κ3) is 3.44. The highest BCUT2D eigenvalue weighted by atomic mass is 19.1. The minimum absolute atomic E-state index is 0.125. The normalized spacial score (nSPS) is 12.8. The molecule has 0 aliphatic carbocycles. The lowest BCUT2D eigenvalue weighted by Crippen LogP contribution is -2.31. The second-order valence-electron chi connectivity index (χ2n) is 3.30. The van der Waals surface area contributed by atoms with Crippen LogP contribution >= 0.6 is 0 Å². The summed E-state index contributed by atoms with van der Waals surface area (Å²) in [4.78, 5) is 0. The van der Waals surface area contributed by atoms with E-state index < -0.39 is 0 Å². The topological polar surface area (TPSA) is 32.3 Å². The summed E-state index contributed by atoms with van der Waals surface area (Å²) < 4.78 is 12.6. The van der Waals surface area contributed by atoms with Gasteiger partial charge in [0.25, 0.3) is 0 Å². The zero-order valence-electron chi connectivity index (χ0n) is 8.33. The Labute approximate surface area is 83.8 Å². The summed E-state index contributed by atoms with van der Waals surface area (Å²) in [6, 6.07) is 6.49. The van der Waals surface area contributed by atoms with Gasteiger partial charge >= 0.3 is 0 Å². The van der Waals surface area contributed by atoms with Gasteiger partial charge in [-0.15, -0.1) is 0 Å². The van der Waals surface area contributed by atoms with Gasteiger partial charge in [-0.3, -0.25) is 0 Å². The van der Waals surface area contributed by atoms with Crippen LogP contribution in [0, 0.1) is 5.82 Å². The molecule has 2 nitrogen and oxygen atoms in total. The van der Waals surface area contributed by atoms with Crippen LogP contribution < -0.4 is 5.32 Å². The highest BCUT2D eigenvalue weighted by Gasteiger charge is 2.02. The summed E-state index contributed by atoms with van der Waals surface area (Å²) in [5.74, 6) is -0.219. The van der Waals surface area contributed by atoms with Gasteiger partial charge in [-0.2, -0.15) is 0 Å². The largest absolute Gasteiger partial charge is 0.395 e. The summed E-state index contributed by atoms with van der Waals surface area (Å²) in [5.41, 5.74) is 1.03. The number of aliphatic hydroxyl groups excluding tert-OH is 1. The van der Waals surface area contributed by atoms with Crippen molar-refractivity contribution in [3.8, 4) is 0 Å². The minimum atomic E-state index is -0.219. The van der Waals surface area contributed by atoms with Crippen LogP contribution in [0.2, 0.25) is 0 Å². The first-order valence-corrected chi connectivity index (χ1v) is 4.85. The summed E-state index contributed by atoms with van der Waals surface area (Å²) in [6.07, 6.45) is 0.887. The van der Waals surface area contributed by atoms with Crippen molar-refractivity contribution in [2.24, 2.45) is 0 Å². The molecule has 1 aromatic carbocycles. The first-order valence-electron chi connectivity index (χ1n) is 4.85. The van der Waals surface area contributed by atoms with Crippen molar-refractivity contribution in [2.75, 3.05) is 6.61 Å². The fraction of sp³-hybridized carbons (Fsp3) is 0.455. The molecule has 0 aromatic heterocycles. The summed E-state index contributed by atoms with van der Waals surface area (Å²) >= 11 is 0. The summed E-state index contributed by atoms with van der Waals surface area (Å²) in [5, 5.41) is 12.1. The highest BCUT2D eigenvalue weighted by Crippen LogP contribution is 2.02. The van der Waals surface area contributed by atoms with Crippen LogP contribution in [0.3, 0.4) is 0 Å². The third-order valence-electron chi connectivity index (χ3n) is 2.22. The van der Waals surface area contributed by atoms with Crippen molar-refractivity contribution in [2.45, 2.75) is 25.9 Å². The van der Waals surface area contributed by atoms with Crippen molar-refractivity contribution in [3.63, 3.8) is 0 Å². The van der Waals surface area contributed by atoms with Crippen LogP contribution in [0.25, 0.3) is 0 Å². The average molecular weight is 197 g/mol. The van der Waals surface area contributed by atoms with Crippen LogP contribution in [-0.2, 0) is 6.54 Å². The van der Waals surface area contributed by atoms with E-state index in [1.165, 1.54) is 12.1 Å². The first kappa shape index (κ1) is 11.1. The van der Waals surface area contributed by atoms with Gasteiger partial charge in [0.05, 0.1) is 6.61 Å². The van der Waals surface area contributed by atoms with Gasteiger partial charge in [0.15, 0.2) is 0 Å².